The molecule has 0 N–H and O–H groups in total. The Morgan fingerprint density at radius 3 is 2.56 bits per heavy atom. The van der Waals surface area contributed by atoms with Crippen LogP contribution in [0.25, 0.3) is 0 Å². The molecular formula is C5H3N3S. The highest BCUT2D eigenvalue weighted by Crippen LogP contribution is 2.00. The number of hydrogen-bond acceptors (Lipinski definition) is 4. The Bertz CT molecular complexity index is 206. The van der Waals surface area contributed by atoms with E-state index in [1.54, 1.807) is 11.7 Å². The number of nitrogens with zero attached hydrogens (tertiary/aromatic N) is 3. The van der Waals surface area contributed by atoms with E-state index in [0.717, 1.165) is 0 Å². The van der Waals surface area contributed by atoms with Crippen molar-refractivity contribution in [3.8, 4) is 12.6 Å². The van der Waals surface area contributed by atoms with Crippen LogP contribution in [0.1, 0.15) is 4.88 Å². The van der Waals surface area contributed by atoms with Crippen LogP contribution >= 0.6 is 11.3 Å². The van der Waals surface area contributed by atoms with E-state index in [9.17, 15) is 0 Å². The predicted molar refractivity (Wildman–Crippen MR) is 33.5 cm³/mol. The minimum atomic E-state index is 0.667. The second-order valence-electron chi connectivity index (χ2n) is 0.977. The van der Waals surface area contributed by atoms with E-state index >= 15 is 0 Å². The zero-order valence-corrected chi connectivity index (χ0v) is 5.30. The quantitative estimate of drug-likeness (QED) is 0.539. The van der Waals surface area contributed by atoms with Gasteiger partial charge in [-0.15, -0.1) is 11.3 Å². The molecule has 0 aromatic carbocycles. The van der Waals surface area contributed by atoms with Gasteiger partial charge >= 0.3 is 0 Å². The average molecular weight is 137 g/mol. The van der Waals surface area contributed by atoms with E-state index in [0.29, 0.717) is 4.88 Å². The minimum Gasteiger partial charge on any atom is -0.252 e. The highest BCUT2D eigenvalue weighted by atomic mass is 32.1. The molecule has 0 spiro atoms. The van der Waals surface area contributed by atoms with Crippen molar-refractivity contribution >= 4 is 11.3 Å². The molecule has 3 nitrogen and oxygen atoms in total. The Hall–Kier alpha value is -1.39. The van der Waals surface area contributed by atoms with Gasteiger partial charge in [-0.25, -0.2) is 5.26 Å². The zero-order valence-electron chi connectivity index (χ0n) is 4.48. The van der Waals surface area contributed by atoms with Crippen LogP contribution in [0.2, 0.25) is 0 Å². The smallest absolute Gasteiger partial charge is 0.124 e. The lowest BCUT2D eigenvalue weighted by Gasteiger charge is -1.60. The zero-order chi connectivity index (χ0) is 7.11. The number of rotatable bonds is 0. The van der Waals surface area contributed by atoms with Crippen LogP contribution in [-0.4, -0.2) is 4.98 Å². The maximum Gasteiger partial charge on any atom is 0.124 e. The molecule has 0 amide bonds. The summed E-state index contributed by atoms with van der Waals surface area (Å²) < 4.78 is 0. The van der Waals surface area contributed by atoms with Crippen LogP contribution in [0.4, 0.5) is 0 Å². The molecule has 0 bridgehead atoms. The Balaban J connectivity index is 0.000000291. The maximum atomic E-state index is 8.15. The molecule has 0 aliphatic heterocycles. The molecule has 0 aliphatic rings. The number of hydrogen-bond donors (Lipinski definition) is 0. The maximum absolute atomic E-state index is 8.15. The second kappa shape index (κ2) is 4.76. The lowest BCUT2D eigenvalue weighted by atomic mass is 10.6. The molecule has 0 fully saturated rings. The first-order valence-corrected chi connectivity index (χ1v) is 2.86. The molecule has 1 aromatic heterocycles. The summed E-state index contributed by atoms with van der Waals surface area (Å²) in [5, 5.41) is 14.6. The molecule has 1 rings (SSSR count). The summed E-state index contributed by atoms with van der Waals surface area (Å²) in [6.07, 6.45) is 1.55. The van der Waals surface area contributed by atoms with E-state index in [2.05, 4.69) is 11.6 Å². The van der Waals surface area contributed by atoms with Crippen molar-refractivity contribution in [1.82, 2.24) is 4.98 Å². The number of nitriles is 2. The standard InChI is InChI=1S/C4H2N2S.CHN/c5-1-4-2-6-3-7-4;1-2/h2-3H;1H. The van der Waals surface area contributed by atoms with Crippen LogP contribution in [-0.2, 0) is 0 Å². The highest BCUT2D eigenvalue weighted by molar-refractivity contribution is 7.10. The van der Waals surface area contributed by atoms with Gasteiger partial charge in [-0.3, -0.25) is 4.98 Å². The van der Waals surface area contributed by atoms with Crippen molar-refractivity contribution in [3.63, 3.8) is 0 Å². The molecule has 4 heteroatoms. The van der Waals surface area contributed by atoms with E-state index < -0.39 is 0 Å². The van der Waals surface area contributed by atoms with Crippen LogP contribution in [0.15, 0.2) is 11.7 Å². The van der Waals surface area contributed by atoms with Crippen molar-refractivity contribution in [2.75, 3.05) is 0 Å². The molecular weight excluding hydrogens is 134 g/mol. The summed E-state index contributed by atoms with van der Waals surface area (Å²) in [6, 6.07) is 1.96. The van der Waals surface area contributed by atoms with Crippen LogP contribution in [0, 0.1) is 23.2 Å². The fourth-order valence-electron chi connectivity index (χ4n) is 0.271. The number of thiazole rings is 1. The number of aromatic nitrogens is 1. The normalized spacial score (nSPS) is 6.33. The lowest BCUT2D eigenvalue weighted by Crippen LogP contribution is -1.53. The Labute approximate surface area is 56.8 Å². The minimum absolute atomic E-state index is 0.667. The van der Waals surface area contributed by atoms with Crippen LogP contribution in [0.5, 0.6) is 0 Å². The summed E-state index contributed by atoms with van der Waals surface area (Å²) in [7, 11) is 0. The van der Waals surface area contributed by atoms with Gasteiger partial charge in [0.05, 0.1) is 11.7 Å². The summed E-state index contributed by atoms with van der Waals surface area (Å²) in [5.41, 5.74) is 1.64. The van der Waals surface area contributed by atoms with Gasteiger partial charge in [0.25, 0.3) is 0 Å². The first-order chi connectivity index (χ1) is 4.43. The Morgan fingerprint density at radius 2 is 2.33 bits per heavy atom. The topological polar surface area (TPSA) is 60.5 Å². The van der Waals surface area contributed by atoms with Gasteiger partial charge in [0.15, 0.2) is 0 Å². The molecule has 0 aliphatic carbocycles. The monoisotopic (exact) mass is 137 g/mol. The highest BCUT2D eigenvalue weighted by Gasteiger charge is 1.84. The Kier molecular flexibility index (Phi) is 4.03. The summed E-state index contributed by atoms with van der Waals surface area (Å²) in [6.45, 7) is 3.50. The van der Waals surface area contributed by atoms with E-state index in [-0.39, 0.29) is 0 Å². The lowest BCUT2D eigenvalue weighted by molar-refractivity contribution is 1.41. The SMILES string of the molecule is C#N.N#Cc1cncs1. The van der Waals surface area contributed by atoms with Gasteiger partial charge in [0.2, 0.25) is 0 Å². The fraction of sp³-hybridized carbons (Fsp3) is 0. The molecule has 0 saturated carbocycles. The van der Waals surface area contributed by atoms with Crippen LogP contribution in [0.3, 0.4) is 0 Å². The summed E-state index contributed by atoms with van der Waals surface area (Å²) >= 11 is 1.35. The second-order valence-corrected chi connectivity index (χ2v) is 1.86. The van der Waals surface area contributed by atoms with Gasteiger partial charge in [-0.2, -0.15) is 5.26 Å². The van der Waals surface area contributed by atoms with Crippen molar-refractivity contribution in [3.05, 3.63) is 16.6 Å². The van der Waals surface area contributed by atoms with Gasteiger partial charge < -0.3 is 0 Å². The predicted octanol–water partition coefficient (Wildman–Crippen LogP) is 1.15. The van der Waals surface area contributed by atoms with Gasteiger partial charge in [0.1, 0.15) is 10.9 Å². The average Bonchev–Trinajstić information content (AvgIpc) is 2.43. The van der Waals surface area contributed by atoms with Gasteiger partial charge in [-0.05, 0) is 0 Å². The van der Waals surface area contributed by atoms with Crippen LogP contribution < -0.4 is 0 Å². The Morgan fingerprint density at radius 1 is 1.67 bits per heavy atom. The third-order valence-corrected chi connectivity index (χ3v) is 1.22. The molecule has 0 unspecified atom stereocenters. The summed E-state index contributed by atoms with van der Waals surface area (Å²) in [4.78, 5) is 4.36. The molecule has 0 saturated heterocycles. The molecule has 0 radical (unpaired) electrons. The van der Waals surface area contributed by atoms with E-state index in [1.807, 2.05) is 6.07 Å². The fourth-order valence-corrected chi connectivity index (χ4v) is 0.681. The summed E-state index contributed by atoms with van der Waals surface area (Å²) in [5.74, 6) is 0. The first kappa shape index (κ1) is 7.61. The molecule has 1 heterocycles. The molecule has 9 heavy (non-hydrogen) atoms. The van der Waals surface area contributed by atoms with Crippen molar-refractivity contribution < 1.29 is 0 Å². The van der Waals surface area contributed by atoms with Crippen molar-refractivity contribution in [1.29, 1.82) is 10.5 Å². The van der Waals surface area contributed by atoms with E-state index in [4.69, 9.17) is 10.5 Å². The van der Waals surface area contributed by atoms with Crippen molar-refractivity contribution in [2.24, 2.45) is 0 Å². The molecule has 0 atom stereocenters. The van der Waals surface area contributed by atoms with Gasteiger partial charge in [0, 0.05) is 6.57 Å². The largest absolute Gasteiger partial charge is 0.252 e. The van der Waals surface area contributed by atoms with E-state index in [1.165, 1.54) is 11.3 Å². The first-order valence-electron chi connectivity index (χ1n) is 1.98. The third-order valence-electron chi connectivity index (χ3n) is 0.543. The molecule has 44 valence electrons. The third kappa shape index (κ3) is 2.43. The van der Waals surface area contributed by atoms with Gasteiger partial charge in [-0.1, -0.05) is 0 Å². The van der Waals surface area contributed by atoms with Crippen molar-refractivity contribution in [2.45, 2.75) is 0 Å². The molecule has 1 aromatic rings.